The highest BCUT2D eigenvalue weighted by atomic mass is 32.1. The van der Waals surface area contributed by atoms with Crippen LogP contribution in [0, 0.1) is 6.92 Å². The van der Waals surface area contributed by atoms with E-state index in [0.717, 1.165) is 41.9 Å². The summed E-state index contributed by atoms with van der Waals surface area (Å²) in [6.45, 7) is 1.95. The van der Waals surface area contributed by atoms with Crippen LogP contribution in [0.3, 0.4) is 0 Å². The Balaban J connectivity index is 1.64. The molecule has 0 aromatic carbocycles. The van der Waals surface area contributed by atoms with Crippen molar-refractivity contribution in [1.82, 2.24) is 19.3 Å². The number of nitrogens with one attached hydrogen (secondary N) is 1. The third-order valence-electron chi connectivity index (χ3n) is 4.28. The molecule has 0 bridgehead atoms. The van der Waals surface area contributed by atoms with Crippen molar-refractivity contribution in [2.75, 3.05) is 5.32 Å². The van der Waals surface area contributed by atoms with E-state index >= 15 is 0 Å². The summed E-state index contributed by atoms with van der Waals surface area (Å²) in [5.74, 6) is 1.02. The summed E-state index contributed by atoms with van der Waals surface area (Å²) in [7, 11) is 0. The number of nitrogens with zero attached hydrogens (tertiary/aromatic N) is 4. The Bertz CT molecular complexity index is 874. The largest absolute Gasteiger partial charge is 0.473 e. The number of pyridine rings is 1. The lowest BCUT2D eigenvalue weighted by Crippen LogP contribution is -2.32. The smallest absolute Gasteiger partial charge is 0.245 e. The summed E-state index contributed by atoms with van der Waals surface area (Å²) in [6, 6.07) is 6.02. The van der Waals surface area contributed by atoms with Gasteiger partial charge in [-0.2, -0.15) is 9.36 Å². The van der Waals surface area contributed by atoms with Gasteiger partial charge >= 0.3 is 0 Å². The Morgan fingerprint density at radius 2 is 2.08 bits per heavy atom. The second-order valence-electron chi connectivity index (χ2n) is 6.34. The molecule has 1 fully saturated rings. The first-order valence-electron chi connectivity index (χ1n) is 8.43. The van der Waals surface area contributed by atoms with Crippen LogP contribution in [0.2, 0.25) is 0 Å². The molecule has 25 heavy (non-hydrogen) atoms. The molecule has 0 amide bonds. The molecule has 1 aliphatic rings. The van der Waals surface area contributed by atoms with E-state index in [9.17, 15) is 0 Å². The standard InChI is InChI=1S/C17H20N6OS/c1-10-9-14(25-23-10)21-17-20-13-3-2-8-19-15(13)16(22-17)24-12-6-4-11(18)5-7-12/h2-3,8-9,11-12H,4-7,18H2,1H3,(H,20,21,22). The molecule has 0 unspecified atom stereocenters. The topological polar surface area (TPSA) is 98.8 Å². The Morgan fingerprint density at radius 3 is 2.84 bits per heavy atom. The molecule has 3 aromatic rings. The van der Waals surface area contributed by atoms with Crippen molar-refractivity contribution >= 4 is 33.5 Å². The van der Waals surface area contributed by atoms with Crippen LogP contribution in [0.25, 0.3) is 11.0 Å². The summed E-state index contributed by atoms with van der Waals surface area (Å²) in [6.07, 6.45) is 5.69. The van der Waals surface area contributed by atoms with Crippen LogP contribution in [-0.2, 0) is 0 Å². The highest BCUT2D eigenvalue weighted by molar-refractivity contribution is 7.10. The molecular formula is C17H20N6OS. The highest BCUT2D eigenvalue weighted by Crippen LogP contribution is 2.28. The SMILES string of the molecule is Cc1cc(Nc2nc(OC3CCC(N)CC3)c3ncccc3n2)sn1. The van der Waals surface area contributed by atoms with Crippen molar-refractivity contribution in [3.63, 3.8) is 0 Å². The number of anilines is 2. The van der Waals surface area contributed by atoms with Gasteiger partial charge in [0.1, 0.15) is 11.1 Å². The molecule has 0 radical (unpaired) electrons. The molecule has 1 aliphatic carbocycles. The van der Waals surface area contributed by atoms with Gasteiger partial charge in [-0.1, -0.05) is 0 Å². The lowest BCUT2D eigenvalue weighted by Gasteiger charge is -2.26. The Hall–Kier alpha value is -2.32. The second kappa shape index (κ2) is 6.89. The number of rotatable bonds is 4. The molecule has 7 nitrogen and oxygen atoms in total. The fourth-order valence-corrected chi connectivity index (χ4v) is 3.63. The predicted octanol–water partition coefficient (Wildman–Crippen LogP) is 3.18. The minimum absolute atomic E-state index is 0.124. The summed E-state index contributed by atoms with van der Waals surface area (Å²) in [5.41, 5.74) is 8.38. The third kappa shape index (κ3) is 3.69. The fraction of sp³-hybridized carbons (Fsp3) is 0.412. The lowest BCUT2D eigenvalue weighted by atomic mass is 9.94. The number of fused-ring (bicyclic) bond motifs is 1. The second-order valence-corrected chi connectivity index (χ2v) is 7.14. The van der Waals surface area contributed by atoms with Crippen LogP contribution in [-0.4, -0.2) is 31.5 Å². The molecule has 130 valence electrons. The normalized spacial score (nSPS) is 20.6. The van der Waals surface area contributed by atoms with Crippen LogP contribution >= 0.6 is 11.5 Å². The van der Waals surface area contributed by atoms with E-state index < -0.39 is 0 Å². The minimum atomic E-state index is 0.124. The Kier molecular flexibility index (Phi) is 4.46. The summed E-state index contributed by atoms with van der Waals surface area (Å²) < 4.78 is 10.4. The quantitative estimate of drug-likeness (QED) is 0.740. The summed E-state index contributed by atoms with van der Waals surface area (Å²) >= 11 is 1.38. The lowest BCUT2D eigenvalue weighted by molar-refractivity contribution is 0.143. The number of nitrogens with two attached hydrogens (primary N) is 1. The maximum Gasteiger partial charge on any atom is 0.245 e. The van der Waals surface area contributed by atoms with Crippen LogP contribution < -0.4 is 15.8 Å². The number of hydrogen-bond donors (Lipinski definition) is 2. The van der Waals surface area contributed by atoms with Gasteiger partial charge in [-0.15, -0.1) is 0 Å². The zero-order valence-electron chi connectivity index (χ0n) is 14.0. The van der Waals surface area contributed by atoms with Crippen molar-refractivity contribution < 1.29 is 4.74 Å². The van der Waals surface area contributed by atoms with Crippen molar-refractivity contribution in [2.45, 2.75) is 44.8 Å². The number of ether oxygens (including phenoxy) is 1. The van der Waals surface area contributed by atoms with Gasteiger partial charge in [0.25, 0.3) is 0 Å². The molecule has 1 saturated carbocycles. The molecule has 8 heteroatoms. The van der Waals surface area contributed by atoms with Gasteiger partial charge in [0.2, 0.25) is 11.8 Å². The highest BCUT2D eigenvalue weighted by Gasteiger charge is 2.22. The first-order chi connectivity index (χ1) is 12.2. The molecule has 0 spiro atoms. The summed E-state index contributed by atoms with van der Waals surface area (Å²) in [4.78, 5) is 13.5. The van der Waals surface area contributed by atoms with Crippen molar-refractivity contribution in [3.8, 4) is 5.88 Å². The van der Waals surface area contributed by atoms with Crippen LogP contribution in [0.15, 0.2) is 24.4 Å². The van der Waals surface area contributed by atoms with Crippen LogP contribution in [0.5, 0.6) is 5.88 Å². The number of hydrogen-bond acceptors (Lipinski definition) is 8. The first kappa shape index (κ1) is 16.2. The minimum Gasteiger partial charge on any atom is -0.473 e. The van der Waals surface area contributed by atoms with Gasteiger partial charge in [0.05, 0.1) is 11.2 Å². The molecule has 3 heterocycles. The predicted molar refractivity (Wildman–Crippen MR) is 98.3 cm³/mol. The van der Waals surface area contributed by atoms with Gasteiger partial charge in [-0.05, 0) is 62.3 Å². The molecule has 0 saturated heterocycles. The molecule has 4 rings (SSSR count). The maximum absolute atomic E-state index is 6.18. The zero-order chi connectivity index (χ0) is 17.2. The fourth-order valence-electron chi connectivity index (χ4n) is 2.98. The van der Waals surface area contributed by atoms with Gasteiger partial charge in [0, 0.05) is 12.2 Å². The van der Waals surface area contributed by atoms with E-state index in [1.54, 1.807) is 6.20 Å². The van der Waals surface area contributed by atoms with E-state index in [4.69, 9.17) is 10.5 Å². The van der Waals surface area contributed by atoms with E-state index in [1.165, 1.54) is 11.5 Å². The van der Waals surface area contributed by atoms with Crippen molar-refractivity contribution in [2.24, 2.45) is 5.73 Å². The van der Waals surface area contributed by atoms with E-state index in [1.807, 2.05) is 25.1 Å². The molecule has 3 aromatic heterocycles. The molecule has 0 atom stereocenters. The molecular weight excluding hydrogens is 336 g/mol. The van der Waals surface area contributed by atoms with Gasteiger partial charge in [-0.3, -0.25) is 0 Å². The van der Waals surface area contributed by atoms with E-state index in [0.29, 0.717) is 17.3 Å². The maximum atomic E-state index is 6.18. The van der Waals surface area contributed by atoms with Crippen LogP contribution in [0.1, 0.15) is 31.4 Å². The van der Waals surface area contributed by atoms with Crippen molar-refractivity contribution in [1.29, 1.82) is 0 Å². The average Bonchev–Trinajstić information content (AvgIpc) is 3.02. The summed E-state index contributed by atoms with van der Waals surface area (Å²) in [5, 5.41) is 4.11. The zero-order valence-corrected chi connectivity index (χ0v) is 14.8. The monoisotopic (exact) mass is 356 g/mol. The average molecular weight is 356 g/mol. The van der Waals surface area contributed by atoms with E-state index in [2.05, 4.69) is 24.6 Å². The van der Waals surface area contributed by atoms with Gasteiger partial charge in [-0.25, -0.2) is 9.97 Å². The van der Waals surface area contributed by atoms with Crippen LogP contribution in [0.4, 0.5) is 10.9 Å². The van der Waals surface area contributed by atoms with Gasteiger partial charge < -0.3 is 15.8 Å². The molecule has 0 aliphatic heterocycles. The van der Waals surface area contributed by atoms with Crippen molar-refractivity contribution in [3.05, 3.63) is 30.1 Å². The number of aryl methyl sites for hydroxylation is 1. The van der Waals surface area contributed by atoms with Gasteiger partial charge in [0.15, 0.2) is 5.52 Å². The first-order valence-corrected chi connectivity index (χ1v) is 9.20. The van der Waals surface area contributed by atoms with E-state index in [-0.39, 0.29) is 12.1 Å². The molecule has 3 N–H and O–H groups in total. The number of aromatic nitrogens is 4. The Morgan fingerprint density at radius 1 is 1.24 bits per heavy atom. The third-order valence-corrected chi connectivity index (χ3v) is 5.08. The Labute approximate surface area is 149 Å².